The van der Waals surface area contributed by atoms with Crippen LogP contribution in [0.15, 0.2) is 54.6 Å². The van der Waals surface area contributed by atoms with Gasteiger partial charge in [0, 0.05) is 23.1 Å². The maximum atomic E-state index is 12.2. The molecule has 106 valence electrons. The Hall–Kier alpha value is -1.75. The van der Waals surface area contributed by atoms with Crippen LogP contribution < -0.4 is 29.0 Å². The number of nitrogens with one attached hydrogen (secondary N) is 1. The Morgan fingerprint density at radius 2 is 1.64 bits per heavy atom. The number of aromatic amines is 1. The molecule has 0 saturated heterocycles. The Morgan fingerprint density at radius 1 is 0.909 bits per heavy atom. The van der Waals surface area contributed by atoms with E-state index in [1.54, 1.807) is 6.07 Å². The molecule has 1 N–H and O–H groups in total. The topological polar surface area (TPSA) is 37.2 Å². The summed E-state index contributed by atoms with van der Waals surface area (Å²) in [6.45, 7) is 6.46. The third kappa shape index (κ3) is 3.19. The molecule has 1 heterocycles. The molecule has 1 aromatic heterocycles. The van der Waals surface area contributed by atoms with E-state index in [0.717, 1.165) is 22.2 Å². The van der Waals surface area contributed by atoms with E-state index >= 15 is 0 Å². The summed E-state index contributed by atoms with van der Waals surface area (Å²) < 4.78 is 0. The Labute approximate surface area is 143 Å². The first-order valence-electron chi connectivity index (χ1n) is 7.18. The minimum absolute atomic E-state index is 0. The van der Waals surface area contributed by atoms with E-state index in [2.05, 4.69) is 31.8 Å². The summed E-state index contributed by atoms with van der Waals surface area (Å²) in [4.78, 5) is 3.36. The molecule has 0 atom stereocenters. The van der Waals surface area contributed by atoms with Gasteiger partial charge in [0.05, 0.1) is 0 Å². The fourth-order valence-corrected chi connectivity index (χ4v) is 2.48. The summed E-state index contributed by atoms with van der Waals surface area (Å²) in [6, 6.07) is 17.7. The number of para-hydroxylation sites is 1. The van der Waals surface area contributed by atoms with Crippen molar-refractivity contribution in [2.75, 3.05) is 0 Å². The fraction of sp³-hybridized carbons (Fsp3) is 0.211. The third-order valence-electron chi connectivity index (χ3n) is 3.80. The zero-order chi connectivity index (χ0) is 15.0. The largest absolute Gasteiger partial charge is 1.00 e. The summed E-state index contributed by atoms with van der Waals surface area (Å²) >= 11 is 0. The molecule has 3 rings (SSSR count). The van der Waals surface area contributed by atoms with Crippen LogP contribution in [0, 0.1) is 0 Å². The van der Waals surface area contributed by atoms with Gasteiger partial charge in [0.15, 0.2) is 0 Å². The Balaban J connectivity index is 0.00000176. The van der Waals surface area contributed by atoms with E-state index < -0.39 is 0 Å². The standard InChI is InChI=1S/C19H19NO.Li/c1-19(2,3)14-9-11-18(21)15(12-14)17-10-8-13-6-4-5-7-16(13)20-17;/h4-12,21H,1-3H3;/q;+1. The first-order chi connectivity index (χ1) is 9.95. The van der Waals surface area contributed by atoms with Gasteiger partial charge in [0.2, 0.25) is 11.2 Å². The number of benzene rings is 2. The molecule has 0 saturated carbocycles. The van der Waals surface area contributed by atoms with Gasteiger partial charge in [-0.05, 0) is 29.2 Å². The minimum Gasteiger partial charge on any atom is -0.872 e. The van der Waals surface area contributed by atoms with Crippen LogP contribution in [0.2, 0.25) is 0 Å². The quantitative estimate of drug-likeness (QED) is 0.606. The van der Waals surface area contributed by atoms with Gasteiger partial charge >= 0.3 is 18.9 Å². The van der Waals surface area contributed by atoms with Gasteiger partial charge in [-0.15, -0.1) is 0 Å². The fourth-order valence-electron chi connectivity index (χ4n) is 2.48. The molecule has 0 bridgehead atoms. The Kier molecular flexibility index (Phi) is 4.65. The SMILES string of the molecule is CC(C)(C)c1ccc([O-])c(-c2ccc3ccccc3[nH+]2)c1.[Li+]. The van der Waals surface area contributed by atoms with Crippen LogP contribution in [0.1, 0.15) is 26.3 Å². The zero-order valence-corrected chi connectivity index (χ0v) is 13.6. The maximum Gasteiger partial charge on any atom is 1.00 e. The normalized spacial score (nSPS) is 11.2. The van der Waals surface area contributed by atoms with E-state index in [9.17, 15) is 5.11 Å². The average molecular weight is 284 g/mol. The monoisotopic (exact) mass is 284 g/mol. The third-order valence-corrected chi connectivity index (χ3v) is 3.80. The average Bonchev–Trinajstić information content (AvgIpc) is 2.46. The second kappa shape index (κ2) is 6.16. The van der Waals surface area contributed by atoms with Crippen molar-refractivity contribution < 1.29 is 29.0 Å². The molecule has 2 nitrogen and oxygen atoms in total. The molecule has 0 radical (unpaired) electrons. The van der Waals surface area contributed by atoms with Gasteiger partial charge in [-0.2, -0.15) is 0 Å². The van der Waals surface area contributed by atoms with E-state index in [-0.39, 0.29) is 30.0 Å². The van der Waals surface area contributed by atoms with E-state index in [1.165, 1.54) is 5.56 Å². The van der Waals surface area contributed by atoms with Crippen LogP contribution in [0.25, 0.3) is 22.2 Å². The van der Waals surface area contributed by atoms with Crippen molar-refractivity contribution >= 4 is 10.9 Å². The molecule has 0 aliphatic rings. The summed E-state index contributed by atoms with van der Waals surface area (Å²) in [5.41, 5.74) is 3.83. The number of pyridine rings is 1. The molecule has 2 aromatic carbocycles. The smallest absolute Gasteiger partial charge is 0.872 e. The number of hydrogen-bond donors (Lipinski definition) is 0. The molecule has 0 amide bonds. The predicted molar refractivity (Wildman–Crippen MR) is 84.1 cm³/mol. The number of fused-ring (bicyclic) bond motifs is 1. The zero-order valence-electron chi connectivity index (χ0n) is 13.6. The molecule has 0 unspecified atom stereocenters. The van der Waals surface area contributed by atoms with Crippen molar-refractivity contribution in [3.8, 4) is 17.0 Å². The Morgan fingerprint density at radius 3 is 2.36 bits per heavy atom. The van der Waals surface area contributed by atoms with Gasteiger partial charge < -0.3 is 5.11 Å². The van der Waals surface area contributed by atoms with Gasteiger partial charge in [-0.1, -0.05) is 50.8 Å². The van der Waals surface area contributed by atoms with Crippen LogP contribution in [0.4, 0.5) is 0 Å². The van der Waals surface area contributed by atoms with Crippen molar-refractivity contribution in [1.29, 1.82) is 0 Å². The van der Waals surface area contributed by atoms with Gasteiger partial charge in [-0.25, -0.2) is 4.98 Å². The second-order valence-corrected chi connectivity index (χ2v) is 6.42. The second-order valence-electron chi connectivity index (χ2n) is 6.42. The van der Waals surface area contributed by atoms with Crippen molar-refractivity contribution in [1.82, 2.24) is 0 Å². The number of rotatable bonds is 1. The van der Waals surface area contributed by atoms with Gasteiger partial charge in [0.1, 0.15) is 0 Å². The molecule has 0 aliphatic heterocycles. The summed E-state index contributed by atoms with van der Waals surface area (Å²) in [6.07, 6.45) is 0. The molecule has 22 heavy (non-hydrogen) atoms. The number of hydrogen-bond acceptors (Lipinski definition) is 1. The van der Waals surface area contributed by atoms with E-state index in [0.29, 0.717) is 0 Å². The molecule has 3 heteroatoms. The van der Waals surface area contributed by atoms with Crippen LogP contribution in [0.3, 0.4) is 0 Å². The molecule has 0 fully saturated rings. The van der Waals surface area contributed by atoms with E-state index in [4.69, 9.17) is 0 Å². The first kappa shape index (κ1) is 16.6. The van der Waals surface area contributed by atoms with Gasteiger partial charge in [0.25, 0.3) is 0 Å². The predicted octanol–water partition coefficient (Wildman–Crippen LogP) is 0.696. The van der Waals surface area contributed by atoms with Crippen LogP contribution >= 0.6 is 0 Å². The van der Waals surface area contributed by atoms with Crippen molar-refractivity contribution in [3.05, 3.63) is 60.2 Å². The molecule has 0 spiro atoms. The number of H-pyrrole nitrogens is 1. The van der Waals surface area contributed by atoms with Crippen LogP contribution in [0.5, 0.6) is 5.75 Å². The Bertz CT molecular complexity index is 806. The summed E-state index contributed by atoms with van der Waals surface area (Å²) in [5, 5.41) is 13.4. The molecular formula is C19H19LiNO+. The van der Waals surface area contributed by atoms with E-state index in [1.807, 2.05) is 42.5 Å². The summed E-state index contributed by atoms with van der Waals surface area (Å²) in [5.74, 6) is 0.0505. The first-order valence-corrected chi connectivity index (χ1v) is 7.18. The van der Waals surface area contributed by atoms with Crippen LogP contribution in [-0.2, 0) is 5.41 Å². The maximum absolute atomic E-state index is 12.2. The molecule has 0 aliphatic carbocycles. The molecule has 3 aromatic rings. The van der Waals surface area contributed by atoms with Crippen molar-refractivity contribution in [2.45, 2.75) is 26.2 Å². The summed E-state index contributed by atoms with van der Waals surface area (Å²) in [7, 11) is 0. The van der Waals surface area contributed by atoms with Crippen molar-refractivity contribution in [3.63, 3.8) is 0 Å². The van der Waals surface area contributed by atoms with Gasteiger partial charge in [-0.3, -0.25) is 0 Å². The number of aromatic nitrogens is 1. The molecular weight excluding hydrogens is 265 g/mol. The van der Waals surface area contributed by atoms with Crippen LogP contribution in [-0.4, -0.2) is 0 Å². The van der Waals surface area contributed by atoms with Crippen molar-refractivity contribution in [2.24, 2.45) is 0 Å². The minimum atomic E-state index is 0.